The number of rotatable bonds is 5. The van der Waals surface area contributed by atoms with Gasteiger partial charge in [-0.1, -0.05) is 6.07 Å². The summed E-state index contributed by atoms with van der Waals surface area (Å²) in [6.07, 6.45) is 0. The van der Waals surface area contributed by atoms with Crippen molar-refractivity contribution in [1.82, 2.24) is 5.48 Å². The van der Waals surface area contributed by atoms with Gasteiger partial charge in [-0.25, -0.2) is 5.48 Å². The van der Waals surface area contributed by atoms with Gasteiger partial charge >= 0.3 is 11.4 Å². The number of hydrogen-bond donors (Lipinski definition) is 3. The van der Waals surface area contributed by atoms with Crippen LogP contribution in [0.4, 0.5) is 22.7 Å². The van der Waals surface area contributed by atoms with E-state index in [1.807, 2.05) is 19.9 Å². The fraction of sp³-hybridized carbons (Fsp3) is 0.133. The largest absolute Gasteiger partial charge is 0.344 e. The van der Waals surface area contributed by atoms with Gasteiger partial charge in [0.15, 0.2) is 5.69 Å². The second-order valence-electron chi connectivity index (χ2n) is 5.35. The molecule has 10 heteroatoms. The van der Waals surface area contributed by atoms with Gasteiger partial charge in [0.2, 0.25) is 0 Å². The molecule has 0 heterocycles. The summed E-state index contributed by atoms with van der Waals surface area (Å²) in [5.41, 5.74) is 1.37. The zero-order valence-electron chi connectivity index (χ0n) is 13.3. The predicted molar refractivity (Wildman–Crippen MR) is 88.2 cm³/mol. The first-order valence-electron chi connectivity index (χ1n) is 6.99. The molecule has 2 rings (SSSR count). The number of nitrogens with one attached hydrogen (secondary N) is 2. The highest BCUT2D eigenvalue weighted by Crippen LogP contribution is 2.38. The van der Waals surface area contributed by atoms with Crippen molar-refractivity contribution in [3.63, 3.8) is 0 Å². The highest BCUT2D eigenvalue weighted by Gasteiger charge is 2.28. The van der Waals surface area contributed by atoms with Crippen molar-refractivity contribution in [2.45, 2.75) is 13.8 Å². The van der Waals surface area contributed by atoms with Crippen LogP contribution in [0, 0.1) is 34.1 Å². The molecule has 0 radical (unpaired) electrons. The number of carbonyl (C=O) groups excluding carboxylic acids is 1. The van der Waals surface area contributed by atoms with E-state index in [4.69, 9.17) is 5.21 Å². The number of hydroxylamine groups is 1. The summed E-state index contributed by atoms with van der Waals surface area (Å²) >= 11 is 0. The van der Waals surface area contributed by atoms with Gasteiger partial charge in [-0.05, 0) is 37.1 Å². The molecule has 0 aliphatic carbocycles. The summed E-state index contributed by atoms with van der Waals surface area (Å²) in [5.74, 6) is -1.09. The van der Waals surface area contributed by atoms with Crippen molar-refractivity contribution < 1.29 is 19.8 Å². The predicted octanol–water partition coefficient (Wildman–Crippen LogP) is 2.98. The van der Waals surface area contributed by atoms with E-state index in [9.17, 15) is 25.0 Å². The average molecular weight is 346 g/mol. The summed E-state index contributed by atoms with van der Waals surface area (Å²) in [4.78, 5) is 32.5. The quantitative estimate of drug-likeness (QED) is 0.428. The number of hydrogen-bond acceptors (Lipinski definition) is 7. The van der Waals surface area contributed by atoms with Crippen molar-refractivity contribution in [3.05, 3.63) is 67.3 Å². The standard InChI is InChI=1S/C15H14N4O6/c1-8-3-9(2)5-11(4-8)16-14-12(18(22)23)6-10(15(20)17-21)7-13(14)19(24)25/h3-7,16,21H,1-2H3,(H,17,20). The molecule has 2 aromatic carbocycles. The second-order valence-corrected chi connectivity index (χ2v) is 5.35. The van der Waals surface area contributed by atoms with Crippen LogP contribution in [-0.4, -0.2) is 21.0 Å². The monoisotopic (exact) mass is 346 g/mol. The maximum absolute atomic E-state index is 11.5. The molecule has 0 unspecified atom stereocenters. The number of nitrogens with zero attached hydrogens (tertiary/aromatic N) is 2. The maximum Gasteiger partial charge on any atom is 0.300 e. The van der Waals surface area contributed by atoms with Crippen LogP contribution in [-0.2, 0) is 0 Å². The minimum Gasteiger partial charge on any atom is -0.344 e. The summed E-state index contributed by atoms with van der Waals surface area (Å²) in [7, 11) is 0. The Morgan fingerprint density at radius 3 is 1.84 bits per heavy atom. The zero-order valence-corrected chi connectivity index (χ0v) is 13.3. The molecule has 10 nitrogen and oxygen atoms in total. The molecule has 0 saturated carbocycles. The van der Waals surface area contributed by atoms with Gasteiger partial charge in [0.25, 0.3) is 5.91 Å². The number of nitro groups is 2. The van der Waals surface area contributed by atoms with Gasteiger partial charge in [-0.2, -0.15) is 0 Å². The summed E-state index contributed by atoms with van der Waals surface area (Å²) in [5, 5.41) is 34.0. The smallest absolute Gasteiger partial charge is 0.300 e. The van der Waals surface area contributed by atoms with E-state index in [1.165, 1.54) is 5.48 Å². The molecule has 0 saturated heterocycles. The lowest BCUT2D eigenvalue weighted by Gasteiger charge is -2.11. The Balaban J connectivity index is 2.67. The maximum atomic E-state index is 11.5. The Morgan fingerprint density at radius 1 is 0.960 bits per heavy atom. The lowest BCUT2D eigenvalue weighted by atomic mass is 10.1. The number of carbonyl (C=O) groups is 1. The minimum atomic E-state index is -1.09. The summed E-state index contributed by atoms with van der Waals surface area (Å²) < 4.78 is 0. The van der Waals surface area contributed by atoms with Crippen LogP contribution in [0.3, 0.4) is 0 Å². The van der Waals surface area contributed by atoms with E-state index in [2.05, 4.69) is 5.32 Å². The normalized spacial score (nSPS) is 10.2. The van der Waals surface area contributed by atoms with Gasteiger partial charge in [0.1, 0.15) is 0 Å². The van der Waals surface area contributed by atoms with Crippen LogP contribution < -0.4 is 10.8 Å². The molecule has 0 atom stereocenters. The highest BCUT2D eigenvalue weighted by molar-refractivity contribution is 5.97. The Hall–Kier alpha value is -3.53. The number of nitro benzene ring substituents is 2. The highest BCUT2D eigenvalue weighted by atomic mass is 16.6. The molecule has 1 amide bonds. The molecule has 0 fully saturated rings. The average Bonchev–Trinajstić information content (AvgIpc) is 2.52. The molecule has 2 aromatic rings. The van der Waals surface area contributed by atoms with Crippen LogP contribution in [0.15, 0.2) is 30.3 Å². The Bertz CT molecular complexity index is 825. The topological polar surface area (TPSA) is 148 Å². The molecule has 0 aliphatic rings. The van der Waals surface area contributed by atoms with Gasteiger partial charge < -0.3 is 5.32 Å². The number of aryl methyl sites for hydroxylation is 2. The number of amides is 1. The fourth-order valence-electron chi connectivity index (χ4n) is 2.41. The molecule has 25 heavy (non-hydrogen) atoms. The fourth-order valence-corrected chi connectivity index (χ4v) is 2.41. The van der Waals surface area contributed by atoms with Crippen LogP contribution in [0.2, 0.25) is 0 Å². The SMILES string of the molecule is Cc1cc(C)cc(Nc2c([N+](=O)[O-])cc(C(=O)NO)cc2[N+](=O)[O-])c1. The van der Waals surface area contributed by atoms with Crippen LogP contribution >= 0.6 is 0 Å². The molecule has 130 valence electrons. The molecule has 0 aliphatic heterocycles. The van der Waals surface area contributed by atoms with E-state index >= 15 is 0 Å². The van der Waals surface area contributed by atoms with Gasteiger partial charge in [-0.3, -0.25) is 30.2 Å². The first-order valence-corrected chi connectivity index (χ1v) is 6.99. The first kappa shape index (κ1) is 17.8. The van der Waals surface area contributed by atoms with E-state index in [0.717, 1.165) is 23.3 Å². The van der Waals surface area contributed by atoms with E-state index in [0.29, 0.717) is 5.69 Å². The minimum absolute atomic E-state index is 0.352. The lowest BCUT2D eigenvalue weighted by Crippen LogP contribution is -2.19. The third-order valence-corrected chi connectivity index (χ3v) is 3.34. The van der Waals surface area contributed by atoms with Crippen molar-refractivity contribution in [3.8, 4) is 0 Å². The lowest BCUT2D eigenvalue weighted by molar-refractivity contribution is -0.392. The Morgan fingerprint density at radius 2 is 1.44 bits per heavy atom. The van der Waals surface area contributed by atoms with E-state index in [-0.39, 0.29) is 5.69 Å². The summed E-state index contributed by atoms with van der Waals surface area (Å²) in [6.45, 7) is 3.63. The van der Waals surface area contributed by atoms with Gasteiger partial charge in [0, 0.05) is 17.8 Å². The third kappa shape index (κ3) is 3.87. The second kappa shape index (κ2) is 6.93. The molecular formula is C15H14N4O6. The number of anilines is 2. The molecule has 0 bridgehead atoms. The van der Waals surface area contributed by atoms with Crippen molar-refractivity contribution in [2.24, 2.45) is 0 Å². The van der Waals surface area contributed by atoms with E-state index in [1.54, 1.807) is 12.1 Å². The molecule has 0 aromatic heterocycles. The van der Waals surface area contributed by atoms with Crippen molar-refractivity contribution >= 4 is 28.7 Å². The van der Waals surface area contributed by atoms with Gasteiger partial charge in [-0.15, -0.1) is 0 Å². The molecular weight excluding hydrogens is 332 g/mol. The summed E-state index contributed by atoms with van der Waals surface area (Å²) in [6, 6.07) is 6.93. The third-order valence-electron chi connectivity index (χ3n) is 3.34. The van der Waals surface area contributed by atoms with Crippen LogP contribution in [0.5, 0.6) is 0 Å². The van der Waals surface area contributed by atoms with E-state index < -0.39 is 32.7 Å². The van der Waals surface area contributed by atoms with Crippen molar-refractivity contribution in [2.75, 3.05) is 5.32 Å². The Kier molecular flexibility index (Phi) is 4.94. The van der Waals surface area contributed by atoms with Crippen LogP contribution in [0.25, 0.3) is 0 Å². The molecule has 3 N–H and O–H groups in total. The first-order chi connectivity index (χ1) is 11.7. The number of benzene rings is 2. The Labute approximate surface area is 141 Å². The van der Waals surface area contributed by atoms with Crippen molar-refractivity contribution in [1.29, 1.82) is 0 Å². The van der Waals surface area contributed by atoms with Crippen LogP contribution in [0.1, 0.15) is 21.5 Å². The van der Waals surface area contributed by atoms with Gasteiger partial charge in [0.05, 0.1) is 15.4 Å². The molecule has 0 spiro atoms. The zero-order chi connectivity index (χ0) is 18.7.